The highest BCUT2D eigenvalue weighted by Crippen LogP contribution is 2.38. The number of nitrogens with zero attached hydrogens (tertiary/aromatic N) is 1. The molecule has 2 aromatic carbocycles. The van der Waals surface area contributed by atoms with Gasteiger partial charge in [0.2, 0.25) is 5.09 Å². The van der Waals surface area contributed by atoms with Gasteiger partial charge in [-0.2, -0.15) is 4.31 Å². The number of esters is 1. The molecule has 5 rings (SSSR count). The van der Waals surface area contributed by atoms with E-state index in [-0.39, 0.29) is 36.0 Å². The molecule has 16 heteroatoms. The minimum Gasteiger partial charge on any atom is -0.483 e. The van der Waals surface area contributed by atoms with E-state index in [1.807, 2.05) is 6.92 Å². The van der Waals surface area contributed by atoms with Crippen molar-refractivity contribution in [1.82, 2.24) is 9.62 Å². The lowest BCUT2D eigenvalue weighted by atomic mass is 9.78. The molecule has 0 unspecified atom stereocenters. The molecule has 3 heterocycles. The van der Waals surface area contributed by atoms with Crippen molar-refractivity contribution < 1.29 is 61.4 Å². The van der Waals surface area contributed by atoms with Gasteiger partial charge >= 0.3 is 5.97 Å². The lowest BCUT2D eigenvalue weighted by Gasteiger charge is -2.47. The number of carbonyl (C=O) groups excluding carboxylic acids is 1. The zero-order chi connectivity index (χ0) is 42.9. The van der Waals surface area contributed by atoms with Gasteiger partial charge in [-0.25, -0.2) is 12.8 Å². The van der Waals surface area contributed by atoms with Crippen LogP contribution in [-0.2, 0) is 29.0 Å². The normalized spacial score (nSPS) is 37.5. The molecule has 2 fully saturated rings. The number of aliphatic hydroxyl groups excluding tert-OH is 2. The molecule has 324 valence electrons. The number of halogens is 1. The van der Waals surface area contributed by atoms with E-state index in [4.69, 9.17) is 23.4 Å². The van der Waals surface area contributed by atoms with Gasteiger partial charge in [-0.1, -0.05) is 39.0 Å². The zero-order valence-electron chi connectivity index (χ0n) is 34.7. The first-order chi connectivity index (χ1) is 27.1. The Kier molecular flexibility index (Phi) is 14.4. The van der Waals surface area contributed by atoms with E-state index < -0.39 is 99.8 Å². The third-order valence-electron chi connectivity index (χ3n) is 11.9. The summed E-state index contributed by atoms with van der Waals surface area (Å²) < 4.78 is 74.8. The Labute approximate surface area is 340 Å². The number of fused-ring (bicyclic) bond motifs is 1. The van der Waals surface area contributed by atoms with Crippen LogP contribution in [0.3, 0.4) is 0 Å². The van der Waals surface area contributed by atoms with Crippen LogP contribution in [0.2, 0.25) is 0 Å². The molecule has 14 atom stereocenters. The summed E-state index contributed by atoms with van der Waals surface area (Å²) in [5.41, 5.74) is -3.18. The summed E-state index contributed by atoms with van der Waals surface area (Å²) in [6.07, 6.45) is -8.03. The quantitative estimate of drug-likeness (QED) is 0.201. The first-order valence-electron chi connectivity index (χ1n) is 20.0. The van der Waals surface area contributed by atoms with Crippen LogP contribution in [0.5, 0.6) is 5.75 Å². The summed E-state index contributed by atoms with van der Waals surface area (Å²) in [6, 6.07) is 11.9. The SMILES string of the molecule is CC[C@H]1OC(=O)[C@H](C)[C@@H](O)[C@H](C)[C@@H](O[C@@H]2O[C@H](C)C[C@H](N(C)S(=O)(=O)c3cc4ccccc4o3)[C@H]2Oc2ccc(F)cc2)[C@](C)(O)C[C@@H](C)CN[C@H](C)[C@@H](O)[C@]1(C)O. The zero-order valence-corrected chi connectivity index (χ0v) is 35.6. The number of sulfonamides is 1. The van der Waals surface area contributed by atoms with E-state index in [0.717, 1.165) is 4.31 Å². The number of hydrogen-bond donors (Lipinski definition) is 5. The number of hydrogen-bond acceptors (Lipinski definition) is 13. The average Bonchev–Trinajstić information content (AvgIpc) is 3.63. The standard InChI is InChI=1S/C42H61FN2O12S/c1-10-33-42(8,50)37(47)27(6)44-22-23(2)21-41(7,49)38(25(4)35(46)26(5)39(48)56-33)57-40-36(54-30-17-15-29(43)16-18-30)31(19-24(3)53-40)45(9)58(51,52)34-20-28-13-11-12-14-32(28)55-34/h11-18,20,23-27,31,33,35-38,40,44,46-47,49-50H,10,19,21-22H2,1-9H3/t23-,24-,25+,26-,27-,31+,33-,35+,36-,37-,38-,40+,41-,42-/m1/s1. The first kappa shape index (κ1) is 45.9. The maximum absolute atomic E-state index is 14.3. The molecule has 0 bridgehead atoms. The highest BCUT2D eigenvalue weighted by Gasteiger charge is 2.51. The third-order valence-corrected chi connectivity index (χ3v) is 13.6. The molecule has 1 aromatic heterocycles. The first-order valence-corrected chi connectivity index (χ1v) is 21.5. The Hall–Kier alpha value is -3.19. The minimum absolute atomic E-state index is 0.0901. The van der Waals surface area contributed by atoms with Gasteiger partial charge in [-0.3, -0.25) is 4.79 Å². The Morgan fingerprint density at radius 1 is 1.02 bits per heavy atom. The highest BCUT2D eigenvalue weighted by molar-refractivity contribution is 7.89. The molecular weight excluding hydrogens is 776 g/mol. The fourth-order valence-electron chi connectivity index (χ4n) is 8.40. The molecule has 2 saturated heterocycles. The second-order valence-electron chi connectivity index (χ2n) is 16.8. The van der Waals surface area contributed by atoms with Gasteiger partial charge in [0.25, 0.3) is 10.0 Å². The second kappa shape index (κ2) is 18.2. The number of furan rings is 1. The molecular formula is C42H61FN2O12S. The molecule has 5 N–H and O–H groups in total. The number of rotatable bonds is 8. The van der Waals surface area contributed by atoms with Gasteiger partial charge in [0.1, 0.15) is 35.0 Å². The second-order valence-corrected chi connectivity index (χ2v) is 18.8. The van der Waals surface area contributed by atoms with Crippen LogP contribution in [0.15, 0.2) is 64.1 Å². The van der Waals surface area contributed by atoms with Crippen molar-refractivity contribution in [3.63, 3.8) is 0 Å². The summed E-state index contributed by atoms with van der Waals surface area (Å²) in [5.74, 6) is -3.61. The van der Waals surface area contributed by atoms with Crippen molar-refractivity contribution in [2.75, 3.05) is 13.6 Å². The molecule has 14 nitrogen and oxygen atoms in total. The van der Waals surface area contributed by atoms with Crippen molar-refractivity contribution in [3.8, 4) is 5.75 Å². The Morgan fingerprint density at radius 2 is 1.67 bits per heavy atom. The minimum atomic E-state index is -4.30. The van der Waals surface area contributed by atoms with E-state index >= 15 is 0 Å². The van der Waals surface area contributed by atoms with Crippen molar-refractivity contribution >= 4 is 27.0 Å². The van der Waals surface area contributed by atoms with Crippen molar-refractivity contribution in [1.29, 1.82) is 0 Å². The van der Waals surface area contributed by atoms with Crippen molar-refractivity contribution in [3.05, 3.63) is 60.4 Å². The van der Waals surface area contributed by atoms with Crippen LogP contribution in [-0.4, -0.2) is 119 Å². The van der Waals surface area contributed by atoms with E-state index in [1.165, 1.54) is 51.2 Å². The predicted octanol–water partition coefficient (Wildman–Crippen LogP) is 4.36. The maximum atomic E-state index is 14.3. The molecule has 0 saturated carbocycles. The number of benzene rings is 2. The molecule has 3 aromatic rings. The maximum Gasteiger partial charge on any atom is 0.311 e. The fraction of sp³-hybridized carbons (Fsp3) is 0.643. The van der Waals surface area contributed by atoms with Crippen molar-refractivity contribution in [2.24, 2.45) is 17.8 Å². The van der Waals surface area contributed by atoms with Gasteiger partial charge in [-0.15, -0.1) is 0 Å². The lowest BCUT2D eigenvalue weighted by molar-refractivity contribution is -0.293. The van der Waals surface area contributed by atoms with E-state index in [2.05, 4.69) is 5.32 Å². The van der Waals surface area contributed by atoms with Gasteiger partial charge in [0, 0.05) is 30.5 Å². The Balaban J connectivity index is 1.55. The highest BCUT2D eigenvalue weighted by atomic mass is 32.2. The summed E-state index contributed by atoms with van der Waals surface area (Å²) >= 11 is 0. The number of ether oxygens (including phenoxy) is 4. The fourth-order valence-corrected chi connectivity index (χ4v) is 9.72. The van der Waals surface area contributed by atoms with Crippen LogP contribution in [0.1, 0.15) is 74.7 Å². The number of nitrogens with one attached hydrogen (secondary N) is 1. The van der Waals surface area contributed by atoms with Crippen LogP contribution < -0.4 is 10.1 Å². The predicted molar refractivity (Wildman–Crippen MR) is 213 cm³/mol. The summed E-state index contributed by atoms with van der Waals surface area (Å²) in [4.78, 5) is 13.6. The van der Waals surface area contributed by atoms with Crippen LogP contribution in [0, 0.1) is 23.6 Å². The third kappa shape index (κ3) is 9.88. The topological polar surface area (TPSA) is 197 Å². The van der Waals surface area contributed by atoms with Crippen LogP contribution in [0.25, 0.3) is 11.0 Å². The number of aliphatic hydroxyl groups is 4. The molecule has 0 radical (unpaired) electrons. The molecule has 2 aliphatic heterocycles. The number of carbonyl (C=O) groups is 1. The number of cyclic esters (lactones) is 1. The molecule has 58 heavy (non-hydrogen) atoms. The Bertz CT molecular complexity index is 1910. The largest absolute Gasteiger partial charge is 0.483 e. The van der Waals surface area contributed by atoms with E-state index in [9.17, 15) is 38.0 Å². The summed E-state index contributed by atoms with van der Waals surface area (Å²) in [5, 5.41) is 50.4. The lowest BCUT2D eigenvalue weighted by Crippen LogP contribution is -2.61. The van der Waals surface area contributed by atoms with Gasteiger partial charge in [0.15, 0.2) is 12.4 Å². The summed E-state index contributed by atoms with van der Waals surface area (Å²) in [6.45, 7) is 13.4. The summed E-state index contributed by atoms with van der Waals surface area (Å²) in [7, 11) is -2.90. The molecule has 0 amide bonds. The number of likely N-dealkylation sites (N-methyl/N-ethyl adjacent to an activating group) is 1. The molecule has 2 aliphatic rings. The molecule has 0 spiro atoms. The van der Waals surface area contributed by atoms with E-state index in [1.54, 1.807) is 58.9 Å². The molecule has 0 aliphatic carbocycles. The Morgan fingerprint density at radius 3 is 2.31 bits per heavy atom. The van der Waals surface area contributed by atoms with E-state index in [0.29, 0.717) is 17.5 Å². The monoisotopic (exact) mass is 836 g/mol. The number of para-hydroxylation sites is 1. The van der Waals surface area contributed by atoms with Crippen molar-refractivity contribution in [2.45, 2.75) is 146 Å². The van der Waals surface area contributed by atoms with Crippen LogP contribution >= 0.6 is 0 Å². The van der Waals surface area contributed by atoms with Gasteiger partial charge in [0.05, 0.1) is 35.9 Å². The van der Waals surface area contributed by atoms with Gasteiger partial charge in [-0.05, 0) is 96.7 Å². The smallest absolute Gasteiger partial charge is 0.311 e. The van der Waals surface area contributed by atoms with Gasteiger partial charge < -0.3 is 49.1 Å². The van der Waals surface area contributed by atoms with Crippen LogP contribution in [0.4, 0.5) is 4.39 Å². The average molecular weight is 837 g/mol.